The fourth-order valence-electron chi connectivity index (χ4n) is 3.43. The topological polar surface area (TPSA) is 70.1 Å². The summed E-state index contributed by atoms with van der Waals surface area (Å²) in [7, 11) is 1.67. The van der Waals surface area contributed by atoms with Gasteiger partial charge in [-0.2, -0.15) is 0 Å². The fourth-order valence-corrected chi connectivity index (χ4v) is 3.43. The molecule has 1 saturated heterocycles. The molecule has 1 aliphatic heterocycles. The van der Waals surface area contributed by atoms with Crippen LogP contribution in [-0.4, -0.2) is 47.0 Å². The first kappa shape index (κ1) is 15.8. The monoisotopic (exact) mass is 316 g/mol. The normalized spacial score (nSPS) is 16.7. The Kier molecular flexibility index (Phi) is 4.81. The van der Waals surface area contributed by atoms with Crippen molar-refractivity contribution in [2.45, 2.75) is 31.7 Å². The molecule has 0 spiro atoms. The minimum Gasteiger partial charge on any atom is -0.359 e. The van der Waals surface area contributed by atoms with E-state index in [1.54, 1.807) is 7.05 Å². The van der Waals surface area contributed by atoms with Gasteiger partial charge in [-0.25, -0.2) is 4.79 Å². The average Bonchev–Trinajstić information content (AvgIpc) is 2.91. The van der Waals surface area contributed by atoms with Gasteiger partial charge in [0.1, 0.15) is 0 Å². The molecule has 1 aliphatic rings. The Bertz CT molecular complexity index is 726. The summed E-state index contributed by atoms with van der Waals surface area (Å²) >= 11 is 0. The summed E-state index contributed by atoms with van der Waals surface area (Å²) in [6.07, 6.45) is 3.42. The standard InChI is InChI=1S/C17H24N4O2/c1-18-16(22)7-4-10-20-11-8-13(9-12-20)21-15-6-3-2-5-14(15)19-17(21)23/h2-3,5-6,13H,4,7-12H2,1H3,(H,18,22)(H,19,23). The summed E-state index contributed by atoms with van der Waals surface area (Å²) < 4.78 is 1.91. The maximum Gasteiger partial charge on any atom is 0.326 e. The number of imidazole rings is 1. The van der Waals surface area contributed by atoms with Crippen LogP contribution in [0.25, 0.3) is 11.0 Å². The zero-order chi connectivity index (χ0) is 16.2. The lowest BCUT2D eigenvalue weighted by Crippen LogP contribution is -2.37. The van der Waals surface area contributed by atoms with E-state index in [1.807, 2.05) is 28.8 Å². The van der Waals surface area contributed by atoms with Crippen molar-refractivity contribution in [3.63, 3.8) is 0 Å². The second-order valence-electron chi connectivity index (χ2n) is 6.17. The van der Waals surface area contributed by atoms with E-state index in [4.69, 9.17) is 0 Å². The van der Waals surface area contributed by atoms with E-state index in [9.17, 15) is 9.59 Å². The number of hydrogen-bond donors (Lipinski definition) is 2. The van der Waals surface area contributed by atoms with Gasteiger partial charge in [-0.1, -0.05) is 12.1 Å². The number of carbonyl (C=O) groups is 1. The molecule has 2 heterocycles. The lowest BCUT2D eigenvalue weighted by Gasteiger charge is -2.32. The highest BCUT2D eigenvalue weighted by Crippen LogP contribution is 2.24. The van der Waals surface area contributed by atoms with Crippen LogP contribution >= 0.6 is 0 Å². The molecule has 1 fully saturated rings. The summed E-state index contributed by atoms with van der Waals surface area (Å²) in [4.78, 5) is 28.8. The van der Waals surface area contributed by atoms with Crippen molar-refractivity contribution in [3.05, 3.63) is 34.7 Å². The van der Waals surface area contributed by atoms with Crippen molar-refractivity contribution in [2.75, 3.05) is 26.7 Å². The minimum absolute atomic E-state index is 0.00994. The second-order valence-corrected chi connectivity index (χ2v) is 6.17. The second kappa shape index (κ2) is 7.00. The van der Waals surface area contributed by atoms with Gasteiger partial charge in [-0.3, -0.25) is 9.36 Å². The van der Waals surface area contributed by atoms with Gasteiger partial charge in [0, 0.05) is 32.6 Å². The Hall–Kier alpha value is -2.08. The Morgan fingerprint density at radius 3 is 2.78 bits per heavy atom. The van der Waals surface area contributed by atoms with Crippen LogP contribution < -0.4 is 11.0 Å². The van der Waals surface area contributed by atoms with Crippen molar-refractivity contribution in [1.82, 2.24) is 19.8 Å². The predicted molar refractivity (Wildman–Crippen MR) is 90.6 cm³/mol. The molecule has 6 nitrogen and oxygen atoms in total. The fraction of sp³-hybridized carbons (Fsp3) is 0.529. The van der Waals surface area contributed by atoms with Crippen LogP contribution in [-0.2, 0) is 4.79 Å². The Morgan fingerprint density at radius 1 is 1.30 bits per heavy atom. The van der Waals surface area contributed by atoms with Gasteiger partial charge in [-0.05, 0) is 37.9 Å². The summed E-state index contributed by atoms with van der Waals surface area (Å²) in [5.41, 5.74) is 1.89. The molecule has 23 heavy (non-hydrogen) atoms. The molecule has 0 aliphatic carbocycles. The molecule has 1 aromatic heterocycles. The van der Waals surface area contributed by atoms with Crippen LogP contribution in [0.1, 0.15) is 31.7 Å². The summed E-state index contributed by atoms with van der Waals surface area (Å²) in [5.74, 6) is 0.102. The number of aromatic nitrogens is 2. The molecule has 6 heteroatoms. The van der Waals surface area contributed by atoms with Gasteiger partial charge in [0.25, 0.3) is 0 Å². The number of fused-ring (bicyclic) bond motifs is 1. The molecule has 2 N–H and O–H groups in total. The molecule has 1 aromatic carbocycles. The smallest absolute Gasteiger partial charge is 0.326 e. The largest absolute Gasteiger partial charge is 0.359 e. The maximum atomic E-state index is 12.2. The zero-order valence-electron chi connectivity index (χ0n) is 13.5. The summed E-state index contributed by atoms with van der Waals surface area (Å²) in [5, 5.41) is 2.65. The molecule has 1 amide bonds. The zero-order valence-corrected chi connectivity index (χ0v) is 13.5. The number of carbonyl (C=O) groups excluding carboxylic acids is 1. The maximum absolute atomic E-state index is 12.2. The summed E-state index contributed by atoms with van der Waals surface area (Å²) in [6.45, 7) is 2.90. The molecule has 0 saturated carbocycles. The molecular weight excluding hydrogens is 292 g/mol. The van der Waals surface area contributed by atoms with E-state index in [2.05, 4.69) is 15.2 Å². The number of aromatic amines is 1. The van der Waals surface area contributed by atoms with Gasteiger partial charge >= 0.3 is 5.69 Å². The van der Waals surface area contributed by atoms with Crippen LogP contribution in [0.15, 0.2) is 29.1 Å². The van der Waals surface area contributed by atoms with Gasteiger partial charge in [-0.15, -0.1) is 0 Å². The van der Waals surface area contributed by atoms with E-state index in [-0.39, 0.29) is 17.6 Å². The van der Waals surface area contributed by atoms with Crippen LogP contribution in [0.2, 0.25) is 0 Å². The van der Waals surface area contributed by atoms with Crippen LogP contribution in [0, 0.1) is 0 Å². The van der Waals surface area contributed by atoms with Gasteiger partial charge in [0.2, 0.25) is 5.91 Å². The number of piperidine rings is 1. The number of amides is 1. The van der Waals surface area contributed by atoms with E-state index in [0.29, 0.717) is 6.42 Å². The average molecular weight is 316 g/mol. The first-order chi connectivity index (χ1) is 11.2. The SMILES string of the molecule is CNC(=O)CCCN1CCC(n2c(=O)[nH]c3ccccc32)CC1. The van der Waals surface area contributed by atoms with E-state index in [0.717, 1.165) is 49.9 Å². The predicted octanol–water partition coefficient (Wildman–Crippen LogP) is 1.49. The first-order valence-corrected chi connectivity index (χ1v) is 8.31. The van der Waals surface area contributed by atoms with Gasteiger partial charge in [0.05, 0.1) is 11.0 Å². The first-order valence-electron chi connectivity index (χ1n) is 8.31. The van der Waals surface area contributed by atoms with Crippen molar-refractivity contribution in [3.8, 4) is 0 Å². The van der Waals surface area contributed by atoms with Crippen LogP contribution in [0.3, 0.4) is 0 Å². The third-order valence-electron chi connectivity index (χ3n) is 4.70. The summed E-state index contributed by atoms with van der Waals surface area (Å²) in [6, 6.07) is 8.12. The number of benzene rings is 1. The Labute approximate surface area is 135 Å². The van der Waals surface area contributed by atoms with Crippen molar-refractivity contribution < 1.29 is 4.79 Å². The molecule has 0 radical (unpaired) electrons. The van der Waals surface area contributed by atoms with Gasteiger partial charge in [0.15, 0.2) is 0 Å². The third kappa shape index (κ3) is 3.47. The number of nitrogens with zero attached hydrogens (tertiary/aromatic N) is 2. The van der Waals surface area contributed by atoms with Crippen molar-refractivity contribution in [1.29, 1.82) is 0 Å². The Balaban J connectivity index is 1.59. The van der Waals surface area contributed by atoms with Crippen LogP contribution in [0.4, 0.5) is 0 Å². The lowest BCUT2D eigenvalue weighted by molar-refractivity contribution is -0.120. The number of likely N-dealkylation sites (tertiary alicyclic amines) is 1. The van der Waals surface area contributed by atoms with Gasteiger partial charge < -0.3 is 15.2 Å². The quantitative estimate of drug-likeness (QED) is 0.878. The number of hydrogen-bond acceptors (Lipinski definition) is 3. The highest BCUT2D eigenvalue weighted by Gasteiger charge is 2.23. The molecule has 124 valence electrons. The minimum atomic E-state index is -0.00994. The number of nitrogens with one attached hydrogen (secondary N) is 2. The molecule has 0 bridgehead atoms. The molecule has 0 unspecified atom stereocenters. The highest BCUT2D eigenvalue weighted by atomic mass is 16.2. The number of H-pyrrole nitrogens is 1. The van der Waals surface area contributed by atoms with E-state index >= 15 is 0 Å². The molecule has 2 aromatic rings. The lowest BCUT2D eigenvalue weighted by atomic mass is 10.0. The number of para-hydroxylation sites is 2. The molecule has 3 rings (SSSR count). The van der Waals surface area contributed by atoms with Crippen molar-refractivity contribution >= 4 is 16.9 Å². The van der Waals surface area contributed by atoms with E-state index in [1.165, 1.54) is 0 Å². The van der Waals surface area contributed by atoms with Crippen LogP contribution in [0.5, 0.6) is 0 Å². The van der Waals surface area contributed by atoms with Crippen molar-refractivity contribution in [2.24, 2.45) is 0 Å². The third-order valence-corrected chi connectivity index (χ3v) is 4.70. The molecule has 0 atom stereocenters. The molecular formula is C17H24N4O2. The number of rotatable bonds is 5. The highest BCUT2D eigenvalue weighted by molar-refractivity contribution is 5.75. The Morgan fingerprint density at radius 2 is 2.04 bits per heavy atom. The van der Waals surface area contributed by atoms with E-state index < -0.39 is 0 Å².